The molecule has 1 fully saturated rings. The van der Waals surface area contributed by atoms with E-state index in [9.17, 15) is 9.90 Å². The normalized spacial score (nSPS) is 18.1. The van der Waals surface area contributed by atoms with E-state index in [1.807, 2.05) is 18.2 Å². The van der Waals surface area contributed by atoms with E-state index in [-0.39, 0.29) is 6.10 Å². The smallest absolute Gasteiger partial charge is 0.414 e. The zero-order valence-electron chi connectivity index (χ0n) is 19.0. The second-order valence-corrected chi connectivity index (χ2v) is 8.42. The van der Waals surface area contributed by atoms with Crippen LogP contribution >= 0.6 is 0 Å². The molecule has 4 heterocycles. The fourth-order valence-electron chi connectivity index (χ4n) is 4.38. The predicted octanol–water partition coefficient (Wildman–Crippen LogP) is 3.51. The number of aliphatic hydroxyl groups excluding tert-OH is 1. The van der Waals surface area contributed by atoms with Gasteiger partial charge in [0, 0.05) is 24.8 Å². The van der Waals surface area contributed by atoms with Crippen LogP contribution < -0.4 is 19.1 Å². The van der Waals surface area contributed by atoms with Crippen molar-refractivity contribution in [3.8, 4) is 17.4 Å². The summed E-state index contributed by atoms with van der Waals surface area (Å²) in [5, 5.41) is 10.6. The van der Waals surface area contributed by atoms with Crippen LogP contribution in [-0.2, 0) is 11.2 Å². The van der Waals surface area contributed by atoms with E-state index in [1.165, 1.54) is 0 Å². The lowest BCUT2D eigenvalue weighted by Gasteiger charge is -2.21. The molecule has 0 radical (unpaired) electrons. The number of rotatable bonds is 8. The Labute approximate surface area is 197 Å². The van der Waals surface area contributed by atoms with Gasteiger partial charge in [-0.25, -0.2) is 9.78 Å². The van der Waals surface area contributed by atoms with Crippen molar-refractivity contribution in [2.24, 2.45) is 0 Å². The first-order valence-electron chi connectivity index (χ1n) is 11.4. The van der Waals surface area contributed by atoms with Crippen molar-refractivity contribution >= 4 is 22.8 Å². The van der Waals surface area contributed by atoms with Crippen LogP contribution in [0.25, 0.3) is 11.0 Å². The third kappa shape index (κ3) is 4.70. The van der Waals surface area contributed by atoms with Gasteiger partial charge in [0.2, 0.25) is 5.88 Å². The lowest BCUT2D eigenvalue weighted by molar-refractivity contribution is 0.0792. The van der Waals surface area contributed by atoms with Crippen LogP contribution in [0.1, 0.15) is 24.8 Å². The molecule has 5 rings (SSSR count). The molecule has 2 atom stereocenters. The van der Waals surface area contributed by atoms with Crippen LogP contribution in [0, 0.1) is 0 Å². The number of fused-ring (bicyclic) bond motifs is 2. The maximum Gasteiger partial charge on any atom is 0.414 e. The molecule has 1 aromatic carbocycles. The average molecular weight is 466 g/mol. The minimum atomic E-state index is -0.575. The van der Waals surface area contributed by atoms with Crippen LogP contribution in [0.2, 0.25) is 0 Å². The highest BCUT2D eigenvalue weighted by atomic mass is 16.6. The first kappa shape index (κ1) is 22.2. The number of nitrogens with zero attached hydrogens (tertiary/aromatic N) is 3. The zero-order valence-corrected chi connectivity index (χ0v) is 19.0. The molecule has 2 aliphatic rings. The number of pyridine rings is 2. The molecule has 2 unspecified atom stereocenters. The Morgan fingerprint density at radius 2 is 2.03 bits per heavy atom. The summed E-state index contributed by atoms with van der Waals surface area (Å²) in [7, 11) is 1.59. The largest absolute Gasteiger partial charge is 0.486 e. The molecule has 2 aromatic heterocycles. The molecule has 3 aromatic rings. The molecule has 34 heavy (non-hydrogen) atoms. The van der Waals surface area contributed by atoms with Crippen molar-refractivity contribution in [1.29, 1.82) is 0 Å². The number of carbonyl (C=O) groups excluding carboxylic acids is 1. The van der Waals surface area contributed by atoms with E-state index in [0.717, 1.165) is 29.4 Å². The summed E-state index contributed by atoms with van der Waals surface area (Å²) in [5.41, 5.74) is 3.39. The average Bonchev–Trinajstić information content (AvgIpc) is 3.23. The quantitative estimate of drug-likeness (QED) is 0.539. The Morgan fingerprint density at radius 3 is 2.88 bits per heavy atom. The van der Waals surface area contributed by atoms with Crippen LogP contribution in [-0.4, -0.2) is 60.2 Å². The van der Waals surface area contributed by atoms with Crippen LogP contribution in [0.4, 0.5) is 10.5 Å². The summed E-state index contributed by atoms with van der Waals surface area (Å²) < 4.78 is 21.9. The van der Waals surface area contributed by atoms with Gasteiger partial charge in [-0.1, -0.05) is 0 Å². The zero-order chi connectivity index (χ0) is 23.5. The molecule has 9 heteroatoms. The maximum absolute atomic E-state index is 12.4. The van der Waals surface area contributed by atoms with Gasteiger partial charge in [0.15, 0.2) is 11.5 Å². The molecule has 2 aliphatic heterocycles. The number of hydrogen-bond acceptors (Lipinski definition) is 8. The first-order chi connectivity index (χ1) is 16.6. The second-order valence-electron chi connectivity index (χ2n) is 8.42. The van der Waals surface area contributed by atoms with E-state index < -0.39 is 12.2 Å². The summed E-state index contributed by atoms with van der Waals surface area (Å²) in [6.45, 7) is 1.38. The maximum atomic E-state index is 12.4. The number of anilines is 1. The Morgan fingerprint density at radius 1 is 1.18 bits per heavy atom. The minimum Gasteiger partial charge on any atom is -0.486 e. The molecule has 9 nitrogen and oxygen atoms in total. The van der Waals surface area contributed by atoms with Gasteiger partial charge < -0.3 is 24.1 Å². The van der Waals surface area contributed by atoms with E-state index >= 15 is 0 Å². The highest BCUT2D eigenvalue weighted by Crippen LogP contribution is 2.35. The number of benzene rings is 1. The van der Waals surface area contributed by atoms with Gasteiger partial charge in [0.25, 0.3) is 0 Å². The number of aliphatic hydroxyl groups is 1. The predicted molar refractivity (Wildman–Crippen MR) is 125 cm³/mol. The van der Waals surface area contributed by atoms with E-state index in [2.05, 4.69) is 9.97 Å². The molecular formula is C25H27N3O6. The molecule has 178 valence electrons. The van der Waals surface area contributed by atoms with Gasteiger partial charge in [0.1, 0.15) is 19.3 Å². The van der Waals surface area contributed by atoms with Gasteiger partial charge in [-0.3, -0.25) is 9.88 Å². The minimum absolute atomic E-state index is 0.372. The SMILES string of the molecule is COc1ccc2nccc(CCCC(O)CC3CN(c4ccc5c(c4)OCCO5)C(=O)O3)c2n1. The first-order valence-corrected chi connectivity index (χ1v) is 11.4. The molecule has 0 bridgehead atoms. The van der Waals surface area contributed by atoms with Crippen molar-refractivity contribution in [1.82, 2.24) is 9.97 Å². The summed E-state index contributed by atoms with van der Waals surface area (Å²) in [5.74, 6) is 1.84. The van der Waals surface area contributed by atoms with E-state index in [0.29, 0.717) is 55.7 Å². The number of aromatic nitrogens is 2. The van der Waals surface area contributed by atoms with Crippen LogP contribution in [0.3, 0.4) is 0 Å². The molecule has 0 saturated carbocycles. The standard InChI is InChI=1S/C25H27N3O6/c1-31-23-8-6-20-24(27-23)16(9-10-26-20)3-2-4-18(29)14-19-15-28(25(30)34-19)17-5-7-21-22(13-17)33-12-11-32-21/h5-10,13,18-19,29H,2-4,11-12,14-15H2,1H3. The molecule has 1 saturated heterocycles. The van der Waals surface area contributed by atoms with Crippen molar-refractivity contribution < 1.29 is 28.8 Å². The van der Waals surface area contributed by atoms with Gasteiger partial charge in [-0.2, -0.15) is 0 Å². The van der Waals surface area contributed by atoms with Crippen LogP contribution in [0.5, 0.6) is 17.4 Å². The van der Waals surface area contributed by atoms with Gasteiger partial charge in [-0.15, -0.1) is 0 Å². The van der Waals surface area contributed by atoms with Crippen molar-refractivity contribution in [2.45, 2.75) is 37.9 Å². The Hall–Kier alpha value is -3.59. The fraction of sp³-hybridized carbons (Fsp3) is 0.400. The Bertz CT molecular complexity index is 1190. The number of carbonyl (C=O) groups is 1. The number of amides is 1. The number of cyclic esters (lactones) is 1. The van der Waals surface area contributed by atoms with Gasteiger partial charge in [0.05, 0.1) is 36.5 Å². The van der Waals surface area contributed by atoms with Crippen molar-refractivity contribution in [3.05, 3.63) is 48.2 Å². The number of methoxy groups -OCH3 is 1. The van der Waals surface area contributed by atoms with Gasteiger partial charge in [-0.05, 0) is 49.1 Å². The number of aryl methyl sites for hydroxylation is 1. The Kier molecular flexibility index (Phi) is 6.35. The summed E-state index contributed by atoms with van der Waals surface area (Å²) in [4.78, 5) is 22.9. The van der Waals surface area contributed by atoms with E-state index in [1.54, 1.807) is 36.4 Å². The lowest BCUT2D eigenvalue weighted by Crippen LogP contribution is -2.26. The lowest BCUT2D eigenvalue weighted by atomic mass is 10.0. The number of ether oxygens (including phenoxy) is 4. The summed E-state index contributed by atoms with van der Waals surface area (Å²) in [6, 6.07) is 11.0. The number of hydrogen-bond donors (Lipinski definition) is 1. The summed E-state index contributed by atoms with van der Waals surface area (Å²) in [6.07, 6.45) is 2.90. The monoisotopic (exact) mass is 465 g/mol. The van der Waals surface area contributed by atoms with Crippen molar-refractivity contribution in [3.63, 3.8) is 0 Å². The molecule has 1 amide bonds. The van der Waals surface area contributed by atoms with Crippen LogP contribution in [0.15, 0.2) is 42.6 Å². The Balaban J connectivity index is 1.15. The highest BCUT2D eigenvalue weighted by molar-refractivity contribution is 5.90. The summed E-state index contributed by atoms with van der Waals surface area (Å²) >= 11 is 0. The molecule has 0 aliphatic carbocycles. The van der Waals surface area contributed by atoms with E-state index in [4.69, 9.17) is 18.9 Å². The molecular weight excluding hydrogens is 438 g/mol. The molecule has 1 N–H and O–H groups in total. The van der Waals surface area contributed by atoms with Crippen molar-refractivity contribution in [2.75, 3.05) is 31.8 Å². The molecule has 0 spiro atoms. The topological polar surface area (TPSA) is 103 Å². The third-order valence-electron chi connectivity index (χ3n) is 6.08. The second kappa shape index (κ2) is 9.72. The third-order valence-corrected chi connectivity index (χ3v) is 6.08. The van der Waals surface area contributed by atoms with Gasteiger partial charge >= 0.3 is 6.09 Å². The highest BCUT2D eigenvalue weighted by Gasteiger charge is 2.34. The fourth-order valence-corrected chi connectivity index (χ4v) is 4.38.